The van der Waals surface area contributed by atoms with Gasteiger partial charge < -0.3 is 4.90 Å². The Hall–Kier alpha value is -3.53. The van der Waals surface area contributed by atoms with Crippen LogP contribution in [0.1, 0.15) is 17.2 Å². The van der Waals surface area contributed by atoms with Crippen molar-refractivity contribution in [2.24, 2.45) is 0 Å². The number of rotatable bonds is 5. The smallest absolute Gasteiger partial charge is 0.134 e. The number of aromatic nitrogens is 3. The van der Waals surface area contributed by atoms with E-state index in [0.717, 1.165) is 22.6 Å². The summed E-state index contributed by atoms with van der Waals surface area (Å²) in [5, 5.41) is 0. The number of nitrogens with zero attached hydrogens (tertiary/aromatic N) is 4. The van der Waals surface area contributed by atoms with Gasteiger partial charge in [0, 0.05) is 30.5 Å². The predicted octanol–water partition coefficient (Wildman–Crippen LogP) is 4.60. The summed E-state index contributed by atoms with van der Waals surface area (Å²) >= 11 is 0. The molecule has 125 valence electrons. The predicted molar refractivity (Wildman–Crippen MR) is 102 cm³/mol. The molecule has 0 bridgehead atoms. The summed E-state index contributed by atoms with van der Waals surface area (Å²) in [7, 11) is 0. The molecule has 0 aliphatic heterocycles. The Morgan fingerprint density at radius 3 is 1.96 bits per heavy atom. The molecule has 4 heteroatoms. The molecule has 4 rings (SSSR count). The molecule has 0 aliphatic rings. The second-order valence-corrected chi connectivity index (χ2v) is 5.81. The lowest BCUT2D eigenvalue weighted by molar-refractivity contribution is 0.796. The zero-order valence-corrected chi connectivity index (χ0v) is 14.1. The van der Waals surface area contributed by atoms with Crippen LogP contribution in [0.4, 0.5) is 11.5 Å². The van der Waals surface area contributed by atoms with Crippen molar-refractivity contribution in [1.82, 2.24) is 15.0 Å². The van der Waals surface area contributed by atoms with Gasteiger partial charge in [0.05, 0.1) is 12.2 Å². The zero-order chi connectivity index (χ0) is 17.6. The Morgan fingerprint density at radius 1 is 0.731 bits per heavy atom. The molecule has 0 spiro atoms. The topological polar surface area (TPSA) is 41.9 Å². The van der Waals surface area contributed by atoms with Crippen LogP contribution in [0.2, 0.25) is 0 Å². The highest BCUT2D eigenvalue weighted by Gasteiger charge is 2.25. The quantitative estimate of drug-likeness (QED) is 0.534. The van der Waals surface area contributed by atoms with Crippen molar-refractivity contribution in [3.63, 3.8) is 0 Å². The summed E-state index contributed by atoms with van der Waals surface area (Å²) in [5.74, 6) is 0.816. The molecular formula is C22H17N4. The van der Waals surface area contributed by atoms with Crippen molar-refractivity contribution in [2.75, 3.05) is 4.90 Å². The van der Waals surface area contributed by atoms with Crippen LogP contribution in [0, 0.1) is 6.20 Å². The summed E-state index contributed by atoms with van der Waals surface area (Å²) < 4.78 is 0. The Kier molecular flexibility index (Phi) is 4.65. The monoisotopic (exact) mass is 337 g/mol. The molecule has 0 aliphatic carbocycles. The second kappa shape index (κ2) is 7.57. The first-order valence-corrected chi connectivity index (χ1v) is 8.41. The van der Waals surface area contributed by atoms with Crippen LogP contribution in [-0.2, 0) is 0 Å². The van der Waals surface area contributed by atoms with Crippen molar-refractivity contribution >= 4 is 11.5 Å². The largest absolute Gasteiger partial charge is 0.315 e. The van der Waals surface area contributed by atoms with Gasteiger partial charge in [0.2, 0.25) is 0 Å². The average molecular weight is 337 g/mol. The van der Waals surface area contributed by atoms with Crippen LogP contribution in [0.25, 0.3) is 0 Å². The number of para-hydroxylation sites is 1. The molecule has 0 saturated heterocycles. The highest BCUT2D eigenvalue weighted by Crippen LogP contribution is 2.37. The molecule has 0 saturated carbocycles. The number of anilines is 2. The van der Waals surface area contributed by atoms with Crippen molar-refractivity contribution in [3.8, 4) is 0 Å². The lowest BCUT2D eigenvalue weighted by Crippen LogP contribution is -2.26. The van der Waals surface area contributed by atoms with E-state index >= 15 is 0 Å². The molecule has 26 heavy (non-hydrogen) atoms. The molecule has 0 atom stereocenters. The molecule has 4 aromatic rings. The van der Waals surface area contributed by atoms with Crippen LogP contribution < -0.4 is 4.90 Å². The minimum absolute atomic E-state index is 0.108. The van der Waals surface area contributed by atoms with Gasteiger partial charge in [0.1, 0.15) is 5.82 Å². The second-order valence-electron chi connectivity index (χ2n) is 5.81. The Balaban J connectivity index is 1.93. The van der Waals surface area contributed by atoms with E-state index in [2.05, 4.69) is 50.3 Å². The van der Waals surface area contributed by atoms with E-state index < -0.39 is 0 Å². The molecule has 1 aromatic carbocycles. The van der Waals surface area contributed by atoms with Crippen molar-refractivity contribution in [1.29, 1.82) is 0 Å². The van der Waals surface area contributed by atoms with Gasteiger partial charge >= 0.3 is 0 Å². The van der Waals surface area contributed by atoms with E-state index in [1.54, 1.807) is 18.5 Å². The van der Waals surface area contributed by atoms with E-state index in [-0.39, 0.29) is 6.04 Å². The van der Waals surface area contributed by atoms with Gasteiger partial charge in [-0.05, 0) is 47.5 Å². The number of benzene rings is 1. The highest BCUT2D eigenvalue weighted by atomic mass is 15.2. The van der Waals surface area contributed by atoms with Crippen LogP contribution in [0.3, 0.4) is 0 Å². The van der Waals surface area contributed by atoms with Crippen molar-refractivity contribution in [2.45, 2.75) is 6.04 Å². The minimum atomic E-state index is -0.108. The van der Waals surface area contributed by atoms with Gasteiger partial charge in [0.25, 0.3) is 0 Å². The average Bonchev–Trinajstić information content (AvgIpc) is 2.74. The van der Waals surface area contributed by atoms with Crippen molar-refractivity contribution < 1.29 is 0 Å². The molecule has 0 unspecified atom stereocenters. The van der Waals surface area contributed by atoms with Gasteiger partial charge in [-0.25, -0.2) is 4.98 Å². The highest BCUT2D eigenvalue weighted by molar-refractivity contribution is 5.63. The zero-order valence-electron chi connectivity index (χ0n) is 14.1. The molecule has 4 nitrogen and oxygen atoms in total. The third-order valence-electron chi connectivity index (χ3n) is 4.13. The Labute approximate surface area is 152 Å². The molecule has 0 fully saturated rings. The van der Waals surface area contributed by atoms with Gasteiger partial charge in [-0.15, -0.1) is 0 Å². The van der Waals surface area contributed by atoms with Crippen LogP contribution in [0.5, 0.6) is 0 Å². The summed E-state index contributed by atoms with van der Waals surface area (Å²) in [6.45, 7) is 0. The summed E-state index contributed by atoms with van der Waals surface area (Å²) in [6, 6.07) is 23.9. The fourth-order valence-corrected chi connectivity index (χ4v) is 3.02. The van der Waals surface area contributed by atoms with Gasteiger partial charge in [0.15, 0.2) is 0 Å². The SMILES string of the molecule is [c]1cccc(N(c2ccccc2)C(c2cccnc2)c2cccnc2)n1. The maximum absolute atomic E-state index is 4.49. The number of hydrogen-bond acceptors (Lipinski definition) is 4. The van der Waals surface area contributed by atoms with Crippen LogP contribution in [0.15, 0.2) is 97.6 Å². The van der Waals surface area contributed by atoms with E-state index in [1.807, 2.05) is 54.9 Å². The van der Waals surface area contributed by atoms with Gasteiger partial charge in [-0.2, -0.15) is 0 Å². The van der Waals surface area contributed by atoms with Crippen molar-refractivity contribution in [3.05, 3.63) is 115 Å². The lowest BCUT2D eigenvalue weighted by Gasteiger charge is -2.33. The number of pyridine rings is 3. The normalized spacial score (nSPS) is 10.7. The fraction of sp³-hybridized carbons (Fsp3) is 0.0455. The first-order chi connectivity index (χ1) is 12.9. The molecule has 0 amide bonds. The first-order valence-electron chi connectivity index (χ1n) is 8.41. The number of hydrogen-bond donors (Lipinski definition) is 0. The molecule has 1 radical (unpaired) electrons. The lowest BCUT2D eigenvalue weighted by atomic mass is 9.99. The molecule has 3 heterocycles. The summed E-state index contributed by atoms with van der Waals surface area (Å²) in [6.07, 6.45) is 10.3. The van der Waals surface area contributed by atoms with E-state index in [1.165, 1.54) is 0 Å². The van der Waals surface area contributed by atoms with Gasteiger partial charge in [-0.1, -0.05) is 36.4 Å². The Bertz CT molecular complexity index is 769. The maximum Gasteiger partial charge on any atom is 0.134 e. The van der Waals surface area contributed by atoms with E-state index in [0.29, 0.717) is 0 Å². The minimum Gasteiger partial charge on any atom is -0.315 e. The summed E-state index contributed by atoms with van der Waals surface area (Å²) in [4.78, 5) is 15.3. The Morgan fingerprint density at radius 2 is 1.42 bits per heavy atom. The standard InChI is InChI=1S/C22H17N4/c1-2-10-20(11-3-1)26(21-12-4-5-15-25-21)22(18-8-6-13-23-16-18)19-9-7-14-24-17-19/h1-14,16-17,22H. The third kappa shape index (κ3) is 3.30. The maximum atomic E-state index is 4.49. The van der Waals surface area contributed by atoms with Gasteiger partial charge in [-0.3, -0.25) is 9.97 Å². The van der Waals surface area contributed by atoms with E-state index in [4.69, 9.17) is 0 Å². The van der Waals surface area contributed by atoms with Crippen LogP contribution >= 0.6 is 0 Å². The van der Waals surface area contributed by atoms with E-state index in [9.17, 15) is 0 Å². The molecule has 3 aromatic heterocycles. The molecule has 0 N–H and O–H groups in total. The fourth-order valence-electron chi connectivity index (χ4n) is 3.02. The first kappa shape index (κ1) is 16.0. The van der Waals surface area contributed by atoms with Crippen LogP contribution in [-0.4, -0.2) is 15.0 Å². The third-order valence-corrected chi connectivity index (χ3v) is 4.13. The molecular weight excluding hydrogens is 320 g/mol. The summed E-state index contributed by atoms with van der Waals surface area (Å²) in [5.41, 5.74) is 3.17.